The van der Waals surface area contributed by atoms with Gasteiger partial charge in [-0.3, -0.25) is 19.0 Å². The van der Waals surface area contributed by atoms with Gasteiger partial charge < -0.3 is 11.1 Å². The van der Waals surface area contributed by atoms with E-state index in [1.807, 2.05) is 13.8 Å². The number of anilines is 1. The lowest BCUT2D eigenvalue weighted by Crippen LogP contribution is -2.21. The Bertz CT molecular complexity index is 642. The fourth-order valence-electron chi connectivity index (χ4n) is 1.74. The molecule has 0 radical (unpaired) electrons. The average molecular weight is 276 g/mol. The number of carbonyl (C=O) groups excluding carboxylic acids is 2. The largest absolute Gasteiger partial charge is 0.364 e. The van der Waals surface area contributed by atoms with Crippen LogP contribution in [0.3, 0.4) is 0 Å². The third-order valence-corrected chi connectivity index (χ3v) is 2.67. The van der Waals surface area contributed by atoms with Crippen molar-refractivity contribution in [3.05, 3.63) is 29.8 Å². The van der Waals surface area contributed by atoms with E-state index in [2.05, 4.69) is 15.5 Å². The van der Waals surface area contributed by atoms with Crippen LogP contribution in [0.15, 0.2) is 18.5 Å². The van der Waals surface area contributed by atoms with E-state index in [9.17, 15) is 9.59 Å². The van der Waals surface area contributed by atoms with Crippen LogP contribution < -0.4 is 11.1 Å². The number of hydrogen-bond acceptors (Lipinski definition) is 4. The molecule has 0 aromatic carbocycles. The number of nitrogens with one attached hydrogen (secondary N) is 1. The zero-order chi connectivity index (χ0) is 14.7. The molecular weight excluding hydrogens is 260 g/mol. The first-order valence-corrected chi connectivity index (χ1v) is 6.16. The highest BCUT2D eigenvalue weighted by Crippen LogP contribution is 2.13. The molecular formula is C12H16N6O2. The fourth-order valence-corrected chi connectivity index (χ4v) is 1.74. The van der Waals surface area contributed by atoms with Crippen molar-refractivity contribution < 1.29 is 9.59 Å². The molecule has 0 atom stereocenters. The molecule has 0 unspecified atom stereocenters. The zero-order valence-electron chi connectivity index (χ0n) is 11.3. The van der Waals surface area contributed by atoms with E-state index in [1.165, 1.54) is 9.36 Å². The predicted octanol–water partition coefficient (Wildman–Crippen LogP) is 0.146. The normalized spacial score (nSPS) is 10.5. The zero-order valence-corrected chi connectivity index (χ0v) is 11.3. The molecule has 8 nitrogen and oxygen atoms in total. The van der Waals surface area contributed by atoms with E-state index in [-0.39, 0.29) is 18.1 Å². The molecule has 2 aromatic heterocycles. The lowest BCUT2D eigenvalue weighted by Gasteiger charge is -2.03. The van der Waals surface area contributed by atoms with E-state index in [4.69, 9.17) is 5.73 Å². The van der Waals surface area contributed by atoms with Gasteiger partial charge >= 0.3 is 0 Å². The Morgan fingerprint density at radius 3 is 2.65 bits per heavy atom. The lowest BCUT2D eigenvalue weighted by molar-refractivity contribution is -0.116. The summed E-state index contributed by atoms with van der Waals surface area (Å²) >= 11 is 0. The molecule has 106 valence electrons. The van der Waals surface area contributed by atoms with Gasteiger partial charge in [0.2, 0.25) is 5.91 Å². The number of hydrogen-bond donors (Lipinski definition) is 2. The highest BCUT2D eigenvalue weighted by atomic mass is 16.2. The van der Waals surface area contributed by atoms with Gasteiger partial charge in [0.25, 0.3) is 5.91 Å². The molecule has 0 saturated carbocycles. The fraction of sp³-hybridized carbons (Fsp3) is 0.333. The van der Waals surface area contributed by atoms with Crippen molar-refractivity contribution in [2.45, 2.75) is 26.9 Å². The Hall–Kier alpha value is -2.64. The molecule has 0 aliphatic rings. The SMILES string of the molecule is CCn1cc(NC(=O)Cn2ccc(C)n2)c(C(N)=O)n1. The molecule has 0 bridgehead atoms. The van der Waals surface area contributed by atoms with Crippen LogP contribution in [0.4, 0.5) is 5.69 Å². The molecule has 0 spiro atoms. The highest BCUT2D eigenvalue weighted by Gasteiger charge is 2.16. The van der Waals surface area contributed by atoms with Gasteiger partial charge in [0.1, 0.15) is 6.54 Å². The summed E-state index contributed by atoms with van der Waals surface area (Å²) in [6.07, 6.45) is 3.28. The number of nitrogens with zero attached hydrogens (tertiary/aromatic N) is 4. The second-order valence-electron chi connectivity index (χ2n) is 4.31. The molecule has 2 rings (SSSR count). The van der Waals surface area contributed by atoms with Crippen LogP contribution in [-0.4, -0.2) is 31.4 Å². The standard InChI is InChI=1S/C12H16N6O2/c1-3-17-6-9(11(16-17)12(13)20)14-10(19)7-18-5-4-8(2)15-18/h4-6H,3,7H2,1-2H3,(H2,13,20)(H,14,19). The summed E-state index contributed by atoms with van der Waals surface area (Å²) in [4.78, 5) is 23.2. The van der Waals surface area contributed by atoms with Crippen molar-refractivity contribution in [2.75, 3.05) is 5.32 Å². The maximum atomic E-state index is 11.9. The first-order chi connectivity index (χ1) is 9.49. The van der Waals surface area contributed by atoms with Crippen LogP contribution in [0.5, 0.6) is 0 Å². The second-order valence-corrected chi connectivity index (χ2v) is 4.31. The third-order valence-electron chi connectivity index (χ3n) is 2.67. The topological polar surface area (TPSA) is 108 Å². The first kappa shape index (κ1) is 13.8. The Morgan fingerprint density at radius 2 is 2.10 bits per heavy atom. The van der Waals surface area contributed by atoms with E-state index in [1.54, 1.807) is 18.5 Å². The Morgan fingerprint density at radius 1 is 1.35 bits per heavy atom. The molecule has 0 aliphatic heterocycles. The smallest absolute Gasteiger partial charge is 0.271 e. The number of amides is 2. The Balaban J connectivity index is 2.10. The van der Waals surface area contributed by atoms with E-state index >= 15 is 0 Å². The molecule has 2 heterocycles. The number of nitrogens with two attached hydrogens (primary N) is 1. The van der Waals surface area contributed by atoms with Crippen molar-refractivity contribution in [3.8, 4) is 0 Å². The van der Waals surface area contributed by atoms with Crippen molar-refractivity contribution in [3.63, 3.8) is 0 Å². The van der Waals surface area contributed by atoms with Gasteiger partial charge in [0, 0.05) is 18.9 Å². The first-order valence-electron chi connectivity index (χ1n) is 6.16. The van der Waals surface area contributed by atoms with Crippen LogP contribution >= 0.6 is 0 Å². The van der Waals surface area contributed by atoms with Crippen molar-refractivity contribution >= 4 is 17.5 Å². The van der Waals surface area contributed by atoms with Crippen LogP contribution in [0.2, 0.25) is 0 Å². The van der Waals surface area contributed by atoms with Crippen molar-refractivity contribution in [2.24, 2.45) is 5.73 Å². The van der Waals surface area contributed by atoms with Crippen molar-refractivity contribution in [1.29, 1.82) is 0 Å². The maximum Gasteiger partial charge on any atom is 0.271 e. The Labute approximate surface area is 115 Å². The maximum absolute atomic E-state index is 11.9. The van der Waals surface area contributed by atoms with Gasteiger partial charge in [-0.2, -0.15) is 10.2 Å². The van der Waals surface area contributed by atoms with E-state index in [0.29, 0.717) is 12.2 Å². The van der Waals surface area contributed by atoms with Gasteiger partial charge in [0.15, 0.2) is 5.69 Å². The summed E-state index contributed by atoms with van der Waals surface area (Å²) in [5.41, 5.74) is 6.42. The number of carbonyl (C=O) groups is 2. The molecule has 0 saturated heterocycles. The predicted molar refractivity (Wildman–Crippen MR) is 72.0 cm³/mol. The van der Waals surface area contributed by atoms with Gasteiger partial charge in [0.05, 0.1) is 11.4 Å². The summed E-state index contributed by atoms with van der Waals surface area (Å²) in [6, 6.07) is 1.80. The van der Waals surface area contributed by atoms with Crippen LogP contribution in [0.1, 0.15) is 23.1 Å². The summed E-state index contributed by atoms with van der Waals surface area (Å²) in [5, 5.41) is 10.7. The molecule has 2 aromatic rings. The quantitative estimate of drug-likeness (QED) is 0.810. The van der Waals surface area contributed by atoms with Crippen LogP contribution in [0, 0.1) is 6.92 Å². The average Bonchev–Trinajstić information content (AvgIpc) is 2.95. The minimum Gasteiger partial charge on any atom is -0.364 e. The third kappa shape index (κ3) is 3.02. The molecule has 0 aliphatic carbocycles. The van der Waals surface area contributed by atoms with Crippen LogP contribution in [0.25, 0.3) is 0 Å². The summed E-state index contributed by atoms with van der Waals surface area (Å²) in [5.74, 6) is -0.978. The van der Waals surface area contributed by atoms with Gasteiger partial charge in [-0.05, 0) is 19.9 Å². The minimum atomic E-state index is -0.678. The van der Waals surface area contributed by atoms with Crippen LogP contribution in [-0.2, 0) is 17.9 Å². The second kappa shape index (κ2) is 5.55. The van der Waals surface area contributed by atoms with E-state index in [0.717, 1.165) is 5.69 Å². The summed E-state index contributed by atoms with van der Waals surface area (Å²) in [7, 11) is 0. The number of aryl methyl sites for hydroxylation is 2. The molecule has 2 amide bonds. The molecule has 0 fully saturated rings. The lowest BCUT2D eigenvalue weighted by atomic mass is 10.3. The number of primary amides is 1. The molecule has 20 heavy (non-hydrogen) atoms. The monoisotopic (exact) mass is 276 g/mol. The van der Waals surface area contributed by atoms with Crippen molar-refractivity contribution in [1.82, 2.24) is 19.6 Å². The van der Waals surface area contributed by atoms with E-state index < -0.39 is 5.91 Å². The minimum absolute atomic E-state index is 0.0526. The molecule has 8 heteroatoms. The number of aromatic nitrogens is 4. The summed E-state index contributed by atoms with van der Waals surface area (Å²) < 4.78 is 3.05. The summed E-state index contributed by atoms with van der Waals surface area (Å²) in [6.45, 7) is 4.35. The van der Waals surface area contributed by atoms with Gasteiger partial charge in [-0.1, -0.05) is 0 Å². The number of rotatable bonds is 5. The van der Waals surface area contributed by atoms with Gasteiger partial charge in [-0.15, -0.1) is 0 Å². The van der Waals surface area contributed by atoms with Gasteiger partial charge in [-0.25, -0.2) is 0 Å². The highest BCUT2D eigenvalue weighted by molar-refractivity contribution is 6.01. The Kier molecular flexibility index (Phi) is 3.83. The molecule has 3 N–H and O–H groups in total.